The van der Waals surface area contributed by atoms with Crippen LogP contribution < -0.4 is 10.6 Å². The van der Waals surface area contributed by atoms with Gasteiger partial charge in [0.15, 0.2) is 0 Å². The zero-order valence-corrected chi connectivity index (χ0v) is 16.8. The van der Waals surface area contributed by atoms with Gasteiger partial charge in [0.2, 0.25) is 5.91 Å². The molecule has 2 rings (SSSR count). The van der Waals surface area contributed by atoms with E-state index in [2.05, 4.69) is 20.6 Å². The number of carboxylic acids is 1. The molecule has 9 nitrogen and oxygen atoms in total. The third-order valence-electron chi connectivity index (χ3n) is 4.03. The van der Waals surface area contributed by atoms with Gasteiger partial charge < -0.3 is 25.5 Å². The van der Waals surface area contributed by atoms with Crippen LogP contribution in [0.3, 0.4) is 0 Å². The van der Waals surface area contributed by atoms with Gasteiger partial charge in [0.05, 0.1) is 6.33 Å². The maximum Gasteiger partial charge on any atom is 0.408 e. The lowest BCUT2D eigenvalue weighted by molar-refractivity contribution is -0.142. The van der Waals surface area contributed by atoms with Crippen LogP contribution in [-0.2, 0) is 27.4 Å². The monoisotopic (exact) mass is 420 g/mol. The van der Waals surface area contributed by atoms with E-state index in [1.165, 1.54) is 24.3 Å². The highest BCUT2D eigenvalue weighted by atomic mass is 32.2. The van der Waals surface area contributed by atoms with E-state index in [4.69, 9.17) is 4.74 Å². The summed E-state index contributed by atoms with van der Waals surface area (Å²) in [4.78, 5) is 42.9. The summed E-state index contributed by atoms with van der Waals surface area (Å²) in [7, 11) is 0. The van der Waals surface area contributed by atoms with E-state index in [0.29, 0.717) is 17.9 Å². The van der Waals surface area contributed by atoms with Crippen molar-refractivity contribution in [2.45, 2.75) is 31.5 Å². The molecule has 0 aliphatic heterocycles. The molecular weight excluding hydrogens is 396 g/mol. The molecule has 1 heterocycles. The lowest BCUT2D eigenvalue weighted by Gasteiger charge is -2.21. The van der Waals surface area contributed by atoms with Crippen molar-refractivity contribution in [2.75, 3.05) is 12.0 Å². The Bertz CT molecular complexity index is 785. The number of ether oxygens (including phenoxy) is 1. The van der Waals surface area contributed by atoms with Crippen LogP contribution in [0.15, 0.2) is 42.9 Å². The largest absolute Gasteiger partial charge is 0.480 e. The quantitative estimate of drug-likeness (QED) is 0.434. The van der Waals surface area contributed by atoms with Crippen LogP contribution in [0.1, 0.15) is 17.7 Å². The minimum absolute atomic E-state index is 0.0504. The van der Waals surface area contributed by atoms with Crippen LogP contribution in [0.5, 0.6) is 0 Å². The normalized spacial score (nSPS) is 12.6. The first-order valence-electron chi connectivity index (χ1n) is 8.96. The molecule has 29 heavy (non-hydrogen) atoms. The Labute approximate surface area is 172 Å². The second kappa shape index (κ2) is 11.7. The number of rotatable bonds is 11. The van der Waals surface area contributed by atoms with E-state index >= 15 is 0 Å². The number of aromatic amines is 1. The maximum absolute atomic E-state index is 12.6. The SMILES string of the molecule is CSCCC(NC(=O)OCc1ccccc1)C(=O)NC(Cc1cnc[nH]1)C(=O)O. The number of carbonyl (C=O) groups excluding carboxylic acids is 2. The lowest BCUT2D eigenvalue weighted by Crippen LogP contribution is -2.52. The first-order chi connectivity index (χ1) is 14.0. The Hall–Kier alpha value is -3.01. The Morgan fingerprint density at radius 1 is 1.21 bits per heavy atom. The predicted octanol–water partition coefficient (Wildman–Crippen LogP) is 1.57. The van der Waals surface area contributed by atoms with Gasteiger partial charge in [-0.25, -0.2) is 14.6 Å². The van der Waals surface area contributed by atoms with Gasteiger partial charge in [-0.05, 0) is 24.0 Å². The van der Waals surface area contributed by atoms with Gasteiger partial charge >= 0.3 is 12.1 Å². The second-order valence-corrected chi connectivity index (χ2v) is 7.21. The average molecular weight is 420 g/mol. The summed E-state index contributed by atoms with van der Waals surface area (Å²) in [6, 6.07) is 7.09. The highest BCUT2D eigenvalue weighted by Crippen LogP contribution is 2.06. The zero-order valence-electron chi connectivity index (χ0n) is 16.0. The fraction of sp³-hybridized carbons (Fsp3) is 0.368. The molecule has 2 unspecified atom stereocenters. The minimum Gasteiger partial charge on any atom is -0.480 e. The van der Waals surface area contributed by atoms with E-state index in [1.807, 2.05) is 36.6 Å². The van der Waals surface area contributed by atoms with Gasteiger partial charge in [0.1, 0.15) is 18.7 Å². The van der Waals surface area contributed by atoms with Gasteiger partial charge in [0.25, 0.3) is 0 Å². The summed E-state index contributed by atoms with van der Waals surface area (Å²) in [6.07, 6.45) is 4.45. The Kier molecular flexibility index (Phi) is 9.03. The van der Waals surface area contributed by atoms with Crippen LogP contribution >= 0.6 is 11.8 Å². The van der Waals surface area contributed by atoms with Gasteiger partial charge in [-0.15, -0.1) is 0 Å². The summed E-state index contributed by atoms with van der Waals surface area (Å²) in [6.45, 7) is 0.0706. The first kappa shape index (κ1) is 22.3. The Morgan fingerprint density at radius 3 is 2.59 bits per heavy atom. The minimum atomic E-state index is -1.18. The predicted molar refractivity (Wildman–Crippen MR) is 108 cm³/mol. The molecule has 0 fully saturated rings. The number of benzene rings is 1. The fourth-order valence-electron chi connectivity index (χ4n) is 2.50. The summed E-state index contributed by atoms with van der Waals surface area (Å²) < 4.78 is 5.16. The molecule has 0 saturated carbocycles. The van der Waals surface area contributed by atoms with Crippen molar-refractivity contribution in [2.24, 2.45) is 0 Å². The number of carboxylic acid groups (broad SMARTS) is 1. The third kappa shape index (κ3) is 7.86. The number of hydrogen-bond acceptors (Lipinski definition) is 6. The average Bonchev–Trinajstić information content (AvgIpc) is 3.22. The molecule has 156 valence electrons. The summed E-state index contributed by atoms with van der Waals surface area (Å²) in [5, 5.41) is 14.4. The number of aromatic nitrogens is 2. The molecule has 2 atom stereocenters. The number of alkyl carbamates (subject to hydrolysis) is 1. The van der Waals surface area contributed by atoms with Gasteiger partial charge in [0, 0.05) is 18.3 Å². The molecule has 0 bridgehead atoms. The standard InChI is InChI=1S/C19H24N4O5S/c1-29-8-7-15(23-19(27)28-11-13-5-3-2-4-6-13)17(24)22-16(18(25)26)9-14-10-20-12-21-14/h2-6,10,12,15-16H,7-9,11H2,1H3,(H,20,21)(H,22,24)(H,23,27)(H,25,26). The maximum atomic E-state index is 12.6. The number of imidazole rings is 1. The van der Waals surface area contributed by atoms with E-state index in [9.17, 15) is 19.5 Å². The fourth-order valence-corrected chi connectivity index (χ4v) is 2.97. The molecule has 10 heteroatoms. The number of aliphatic carboxylic acids is 1. The van der Waals surface area contributed by atoms with E-state index in [0.717, 1.165) is 5.56 Å². The molecule has 0 aliphatic carbocycles. The van der Waals surface area contributed by atoms with Gasteiger partial charge in [-0.2, -0.15) is 11.8 Å². The molecular formula is C19H24N4O5S. The molecule has 1 aromatic heterocycles. The van der Waals surface area contributed by atoms with E-state index < -0.39 is 30.1 Å². The van der Waals surface area contributed by atoms with Crippen molar-refractivity contribution in [1.29, 1.82) is 0 Å². The number of nitrogens with one attached hydrogen (secondary N) is 3. The second-order valence-electron chi connectivity index (χ2n) is 6.22. The molecule has 2 aromatic rings. The van der Waals surface area contributed by atoms with Crippen LogP contribution in [-0.4, -0.2) is 57.1 Å². The zero-order chi connectivity index (χ0) is 21.1. The molecule has 2 amide bonds. The van der Waals surface area contributed by atoms with Crippen molar-refractivity contribution in [3.05, 3.63) is 54.1 Å². The van der Waals surface area contributed by atoms with Crippen LogP contribution in [0, 0.1) is 0 Å². The summed E-state index contributed by atoms with van der Waals surface area (Å²) in [5.41, 5.74) is 1.40. The van der Waals surface area contributed by atoms with Crippen molar-refractivity contribution in [3.63, 3.8) is 0 Å². The number of hydrogen-bond donors (Lipinski definition) is 4. The van der Waals surface area contributed by atoms with Crippen molar-refractivity contribution < 1.29 is 24.2 Å². The van der Waals surface area contributed by atoms with Crippen molar-refractivity contribution in [1.82, 2.24) is 20.6 Å². The summed E-state index contributed by atoms with van der Waals surface area (Å²) >= 11 is 1.51. The lowest BCUT2D eigenvalue weighted by atomic mass is 10.1. The Balaban J connectivity index is 1.94. The number of thioether (sulfide) groups is 1. The number of carbonyl (C=O) groups is 3. The summed E-state index contributed by atoms with van der Waals surface area (Å²) in [5.74, 6) is -1.15. The number of amides is 2. The smallest absolute Gasteiger partial charge is 0.408 e. The van der Waals surface area contributed by atoms with Crippen LogP contribution in [0.4, 0.5) is 4.79 Å². The van der Waals surface area contributed by atoms with Gasteiger partial charge in [-0.3, -0.25) is 4.79 Å². The van der Waals surface area contributed by atoms with E-state index in [-0.39, 0.29) is 13.0 Å². The van der Waals surface area contributed by atoms with Crippen molar-refractivity contribution >= 4 is 29.7 Å². The van der Waals surface area contributed by atoms with Crippen LogP contribution in [0.25, 0.3) is 0 Å². The van der Waals surface area contributed by atoms with E-state index in [1.54, 1.807) is 0 Å². The van der Waals surface area contributed by atoms with Crippen molar-refractivity contribution in [3.8, 4) is 0 Å². The Morgan fingerprint density at radius 2 is 1.97 bits per heavy atom. The molecule has 0 spiro atoms. The highest BCUT2D eigenvalue weighted by Gasteiger charge is 2.27. The topological polar surface area (TPSA) is 133 Å². The van der Waals surface area contributed by atoms with Crippen LogP contribution in [0.2, 0.25) is 0 Å². The molecule has 0 radical (unpaired) electrons. The number of H-pyrrole nitrogens is 1. The molecule has 0 saturated heterocycles. The third-order valence-corrected chi connectivity index (χ3v) is 4.67. The molecule has 1 aromatic carbocycles. The number of nitrogens with zero attached hydrogens (tertiary/aromatic N) is 1. The highest BCUT2D eigenvalue weighted by molar-refractivity contribution is 7.98. The molecule has 4 N–H and O–H groups in total. The first-order valence-corrected chi connectivity index (χ1v) is 10.4. The molecule has 0 aliphatic rings. The van der Waals surface area contributed by atoms with Gasteiger partial charge in [-0.1, -0.05) is 30.3 Å².